The molecule has 0 unspecified atom stereocenters. The Hall–Kier alpha value is -0.500. The molecule has 0 bridgehead atoms. The van der Waals surface area contributed by atoms with Crippen LogP contribution in [0.2, 0.25) is 0 Å². The van der Waals surface area contributed by atoms with Crippen molar-refractivity contribution in [2.45, 2.75) is 40.7 Å². The molecule has 1 fully saturated rings. The summed E-state index contributed by atoms with van der Waals surface area (Å²) in [5, 5.41) is 0. The van der Waals surface area contributed by atoms with Crippen LogP contribution in [0.15, 0.2) is 12.3 Å². The van der Waals surface area contributed by atoms with Crippen LogP contribution in [0, 0.1) is 0 Å². The lowest BCUT2D eigenvalue weighted by atomic mass is 10.3. The second kappa shape index (κ2) is 6.03. The number of hydrogen-bond acceptors (Lipinski definition) is 2. The summed E-state index contributed by atoms with van der Waals surface area (Å²) in [5.74, 6) is 0. The van der Waals surface area contributed by atoms with Gasteiger partial charge in [0.15, 0.2) is 0 Å². The van der Waals surface area contributed by atoms with Crippen molar-refractivity contribution >= 4 is 0 Å². The first-order valence-electron chi connectivity index (χ1n) is 5.25. The van der Waals surface area contributed by atoms with E-state index in [0.29, 0.717) is 6.04 Å². The molecule has 1 heterocycles. The molecule has 0 saturated carbocycles. The average molecular weight is 184 g/mol. The van der Waals surface area contributed by atoms with Gasteiger partial charge in [-0.3, -0.25) is 4.90 Å². The third-order valence-corrected chi connectivity index (χ3v) is 2.28. The molecule has 0 aromatic heterocycles. The lowest BCUT2D eigenvalue weighted by molar-refractivity contribution is 0.234. The van der Waals surface area contributed by atoms with Gasteiger partial charge in [-0.2, -0.15) is 0 Å². The summed E-state index contributed by atoms with van der Waals surface area (Å²) >= 11 is 0. The Labute approximate surface area is 83.2 Å². The van der Waals surface area contributed by atoms with Gasteiger partial charge < -0.3 is 4.90 Å². The SMILES string of the molecule is C=C(C)N1CCN(C(C)C)C1.CC. The Morgan fingerprint density at radius 3 is 2.00 bits per heavy atom. The summed E-state index contributed by atoms with van der Waals surface area (Å²) in [6.45, 7) is 17.9. The third kappa shape index (κ3) is 3.81. The molecule has 13 heavy (non-hydrogen) atoms. The van der Waals surface area contributed by atoms with Crippen molar-refractivity contribution in [2.75, 3.05) is 19.8 Å². The minimum absolute atomic E-state index is 0.666. The Morgan fingerprint density at radius 1 is 1.23 bits per heavy atom. The maximum Gasteiger partial charge on any atom is 0.0707 e. The Morgan fingerprint density at radius 2 is 1.77 bits per heavy atom. The Kier molecular flexibility index (Phi) is 5.80. The van der Waals surface area contributed by atoms with Crippen molar-refractivity contribution in [1.29, 1.82) is 0 Å². The van der Waals surface area contributed by atoms with Crippen molar-refractivity contribution in [3.05, 3.63) is 12.3 Å². The number of nitrogens with zero attached hydrogens (tertiary/aromatic N) is 2. The van der Waals surface area contributed by atoms with E-state index in [9.17, 15) is 0 Å². The molecule has 1 aliphatic heterocycles. The van der Waals surface area contributed by atoms with E-state index in [2.05, 4.69) is 37.1 Å². The first-order valence-corrected chi connectivity index (χ1v) is 5.25. The molecule has 1 aliphatic rings. The molecular weight excluding hydrogens is 160 g/mol. The van der Waals surface area contributed by atoms with Gasteiger partial charge in [-0.25, -0.2) is 0 Å². The molecular formula is C11H24N2. The van der Waals surface area contributed by atoms with Crippen LogP contribution in [0.3, 0.4) is 0 Å². The highest BCUT2D eigenvalue weighted by Crippen LogP contribution is 2.12. The molecule has 78 valence electrons. The lowest BCUT2D eigenvalue weighted by Gasteiger charge is -2.22. The molecule has 0 aliphatic carbocycles. The molecule has 0 aromatic carbocycles. The number of hydrogen-bond donors (Lipinski definition) is 0. The van der Waals surface area contributed by atoms with Gasteiger partial charge in [-0.05, 0) is 20.8 Å². The van der Waals surface area contributed by atoms with Gasteiger partial charge in [0.2, 0.25) is 0 Å². The molecule has 1 saturated heterocycles. The van der Waals surface area contributed by atoms with Gasteiger partial charge >= 0.3 is 0 Å². The topological polar surface area (TPSA) is 6.48 Å². The zero-order valence-electron chi connectivity index (χ0n) is 9.80. The maximum atomic E-state index is 3.93. The average Bonchev–Trinajstić information content (AvgIpc) is 2.56. The predicted molar refractivity (Wildman–Crippen MR) is 59.6 cm³/mol. The summed E-state index contributed by atoms with van der Waals surface area (Å²) in [7, 11) is 0. The van der Waals surface area contributed by atoms with E-state index in [1.54, 1.807) is 0 Å². The van der Waals surface area contributed by atoms with Gasteiger partial charge in [0, 0.05) is 24.8 Å². The molecule has 0 N–H and O–H groups in total. The molecule has 2 nitrogen and oxygen atoms in total. The van der Waals surface area contributed by atoms with E-state index in [1.165, 1.54) is 12.2 Å². The lowest BCUT2D eigenvalue weighted by Crippen LogP contribution is -2.30. The first kappa shape index (κ1) is 12.5. The highest BCUT2D eigenvalue weighted by atomic mass is 15.4. The van der Waals surface area contributed by atoms with Crippen molar-refractivity contribution in [3.63, 3.8) is 0 Å². The first-order chi connectivity index (χ1) is 6.11. The summed E-state index contributed by atoms with van der Waals surface area (Å²) in [4.78, 5) is 4.77. The van der Waals surface area contributed by atoms with Gasteiger partial charge in [-0.1, -0.05) is 20.4 Å². The van der Waals surface area contributed by atoms with E-state index < -0.39 is 0 Å². The third-order valence-electron chi connectivity index (χ3n) is 2.28. The zero-order valence-corrected chi connectivity index (χ0v) is 9.80. The van der Waals surface area contributed by atoms with E-state index in [-0.39, 0.29) is 0 Å². The summed E-state index contributed by atoms with van der Waals surface area (Å²) in [5.41, 5.74) is 1.19. The van der Waals surface area contributed by atoms with Crippen LogP contribution in [0.5, 0.6) is 0 Å². The Bertz CT molecular complexity index is 152. The summed E-state index contributed by atoms with van der Waals surface area (Å²) in [6.07, 6.45) is 0. The van der Waals surface area contributed by atoms with Crippen LogP contribution in [-0.2, 0) is 0 Å². The van der Waals surface area contributed by atoms with E-state index >= 15 is 0 Å². The highest BCUT2D eigenvalue weighted by molar-refractivity contribution is 4.92. The molecule has 1 rings (SSSR count). The van der Waals surface area contributed by atoms with Gasteiger partial charge in [0.1, 0.15) is 0 Å². The largest absolute Gasteiger partial charge is 0.361 e. The van der Waals surface area contributed by atoms with Gasteiger partial charge in [-0.15, -0.1) is 0 Å². The van der Waals surface area contributed by atoms with Crippen molar-refractivity contribution < 1.29 is 0 Å². The maximum absolute atomic E-state index is 3.93. The van der Waals surface area contributed by atoms with E-state index in [0.717, 1.165) is 13.2 Å². The zero-order chi connectivity index (χ0) is 10.4. The second-order valence-electron chi connectivity index (χ2n) is 3.55. The Balaban J connectivity index is 0.000000671. The molecule has 0 amide bonds. The minimum Gasteiger partial charge on any atom is -0.361 e. The fraction of sp³-hybridized carbons (Fsp3) is 0.818. The fourth-order valence-corrected chi connectivity index (χ4v) is 1.34. The molecule has 0 radical (unpaired) electrons. The summed E-state index contributed by atoms with van der Waals surface area (Å²) in [6, 6.07) is 0.666. The van der Waals surface area contributed by atoms with Crippen LogP contribution in [0.1, 0.15) is 34.6 Å². The molecule has 0 aromatic rings. The van der Waals surface area contributed by atoms with Crippen molar-refractivity contribution in [2.24, 2.45) is 0 Å². The second-order valence-corrected chi connectivity index (χ2v) is 3.55. The van der Waals surface area contributed by atoms with Crippen molar-refractivity contribution in [1.82, 2.24) is 9.80 Å². The normalized spacial score (nSPS) is 17.2. The highest BCUT2D eigenvalue weighted by Gasteiger charge is 2.20. The molecule has 2 heteroatoms. The number of rotatable bonds is 2. The van der Waals surface area contributed by atoms with E-state index in [4.69, 9.17) is 0 Å². The summed E-state index contributed by atoms with van der Waals surface area (Å²) < 4.78 is 0. The predicted octanol–water partition coefficient (Wildman–Crippen LogP) is 2.53. The number of allylic oxidation sites excluding steroid dienone is 1. The van der Waals surface area contributed by atoms with Crippen LogP contribution >= 0.6 is 0 Å². The van der Waals surface area contributed by atoms with Crippen LogP contribution < -0.4 is 0 Å². The standard InChI is InChI=1S/C9H18N2.C2H6/c1-8(2)10-5-6-11(7-10)9(3)4;1-2/h9H,1,5-7H2,2-4H3;1-2H3. The quantitative estimate of drug-likeness (QED) is 0.650. The monoisotopic (exact) mass is 184 g/mol. The van der Waals surface area contributed by atoms with E-state index in [1.807, 2.05) is 13.8 Å². The van der Waals surface area contributed by atoms with Crippen molar-refractivity contribution in [3.8, 4) is 0 Å². The van der Waals surface area contributed by atoms with Gasteiger partial charge in [0.05, 0.1) is 6.67 Å². The minimum atomic E-state index is 0.666. The van der Waals surface area contributed by atoms with Crippen LogP contribution in [0.4, 0.5) is 0 Å². The molecule has 0 atom stereocenters. The van der Waals surface area contributed by atoms with Crippen LogP contribution in [-0.4, -0.2) is 35.6 Å². The van der Waals surface area contributed by atoms with Gasteiger partial charge in [0.25, 0.3) is 0 Å². The fourth-order valence-electron chi connectivity index (χ4n) is 1.34. The molecule has 0 spiro atoms. The smallest absolute Gasteiger partial charge is 0.0707 e. The van der Waals surface area contributed by atoms with Crippen LogP contribution in [0.25, 0.3) is 0 Å².